The van der Waals surface area contributed by atoms with Gasteiger partial charge in [-0.05, 0) is 39.0 Å². The number of carboxylic acid groups (broad SMARTS) is 1. The van der Waals surface area contributed by atoms with Crippen molar-refractivity contribution in [2.24, 2.45) is 5.41 Å². The van der Waals surface area contributed by atoms with E-state index in [1.54, 1.807) is 20.8 Å². The van der Waals surface area contributed by atoms with E-state index >= 15 is 0 Å². The van der Waals surface area contributed by atoms with Crippen LogP contribution in [0.4, 0.5) is 0 Å². The van der Waals surface area contributed by atoms with E-state index in [-0.39, 0.29) is 18.4 Å². The van der Waals surface area contributed by atoms with E-state index in [4.69, 9.17) is 5.11 Å². The molecule has 0 saturated heterocycles. The van der Waals surface area contributed by atoms with Crippen LogP contribution in [0.15, 0.2) is 0 Å². The molecule has 0 unspecified atom stereocenters. The standard InChI is InChI=1S/C12H26N2O4S/c1-11(2,3)14-19(17,18)13-9-8-12(4,5)7-6-10(15)16/h13-14H,6-9H2,1-5H3,(H,15,16). The predicted octanol–water partition coefficient (Wildman–Crippen LogP) is 1.49. The minimum Gasteiger partial charge on any atom is -0.481 e. The number of hydrogen-bond acceptors (Lipinski definition) is 3. The van der Waals surface area contributed by atoms with E-state index in [1.165, 1.54) is 0 Å². The van der Waals surface area contributed by atoms with Gasteiger partial charge in [-0.1, -0.05) is 13.8 Å². The molecule has 0 radical (unpaired) electrons. The Morgan fingerprint density at radius 2 is 1.63 bits per heavy atom. The second-order valence-electron chi connectivity index (χ2n) is 6.56. The molecule has 114 valence electrons. The number of carbonyl (C=O) groups is 1. The number of aliphatic carboxylic acids is 1. The SMILES string of the molecule is CC(C)(CCNS(=O)(=O)NC(C)(C)C)CCC(=O)O. The van der Waals surface area contributed by atoms with Crippen LogP contribution in [0.3, 0.4) is 0 Å². The summed E-state index contributed by atoms with van der Waals surface area (Å²) in [5.74, 6) is -0.831. The van der Waals surface area contributed by atoms with Crippen LogP contribution in [0.2, 0.25) is 0 Å². The maximum absolute atomic E-state index is 11.7. The molecule has 0 atom stereocenters. The maximum atomic E-state index is 11.7. The van der Waals surface area contributed by atoms with Gasteiger partial charge in [0.05, 0.1) is 0 Å². The van der Waals surface area contributed by atoms with Gasteiger partial charge in [-0.2, -0.15) is 13.1 Å². The molecule has 0 spiro atoms. The van der Waals surface area contributed by atoms with E-state index in [2.05, 4.69) is 9.44 Å². The van der Waals surface area contributed by atoms with Crippen LogP contribution in [0.1, 0.15) is 53.9 Å². The second-order valence-corrected chi connectivity index (χ2v) is 8.06. The monoisotopic (exact) mass is 294 g/mol. The van der Waals surface area contributed by atoms with Crippen molar-refractivity contribution >= 4 is 16.2 Å². The first-order valence-electron chi connectivity index (χ1n) is 6.33. The van der Waals surface area contributed by atoms with Gasteiger partial charge >= 0.3 is 5.97 Å². The Hall–Kier alpha value is -0.660. The molecule has 0 rings (SSSR count). The lowest BCUT2D eigenvalue weighted by Gasteiger charge is -2.25. The van der Waals surface area contributed by atoms with Gasteiger partial charge in [0.2, 0.25) is 0 Å². The third-order valence-corrected chi connectivity index (χ3v) is 4.02. The number of hydrogen-bond donors (Lipinski definition) is 3. The molecule has 0 amide bonds. The van der Waals surface area contributed by atoms with Gasteiger partial charge in [0.15, 0.2) is 0 Å². The quantitative estimate of drug-likeness (QED) is 0.632. The van der Waals surface area contributed by atoms with Gasteiger partial charge in [0.1, 0.15) is 0 Å². The van der Waals surface area contributed by atoms with Crippen LogP contribution in [0.5, 0.6) is 0 Å². The zero-order valence-corrected chi connectivity index (χ0v) is 13.2. The summed E-state index contributed by atoms with van der Waals surface area (Å²) in [4.78, 5) is 10.5. The predicted molar refractivity (Wildman–Crippen MR) is 75.1 cm³/mol. The van der Waals surface area contributed by atoms with Crippen LogP contribution in [0.25, 0.3) is 0 Å². The summed E-state index contributed by atoms with van der Waals surface area (Å²) in [5.41, 5.74) is -0.729. The molecule has 0 aliphatic heterocycles. The Morgan fingerprint density at radius 3 is 2.05 bits per heavy atom. The van der Waals surface area contributed by atoms with Crippen molar-refractivity contribution < 1.29 is 18.3 Å². The van der Waals surface area contributed by atoms with Crippen LogP contribution in [-0.4, -0.2) is 31.6 Å². The first kappa shape index (κ1) is 18.3. The smallest absolute Gasteiger partial charge is 0.303 e. The fraction of sp³-hybridized carbons (Fsp3) is 0.917. The molecule has 0 aliphatic rings. The Kier molecular flexibility index (Phi) is 6.44. The van der Waals surface area contributed by atoms with Crippen molar-refractivity contribution in [3.63, 3.8) is 0 Å². The first-order valence-corrected chi connectivity index (χ1v) is 7.82. The molecule has 0 heterocycles. The zero-order chi connectivity index (χ0) is 15.3. The summed E-state index contributed by atoms with van der Waals surface area (Å²) >= 11 is 0. The second kappa shape index (κ2) is 6.67. The van der Waals surface area contributed by atoms with E-state index < -0.39 is 21.7 Å². The average molecular weight is 294 g/mol. The molecule has 7 heteroatoms. The highest BCUT2D eigenvalue weighted by molar-refractivity contribution is 7.87. The minimum absolute atomic E-state index is 0.0972. The summed E-state index contributed by atoms with van der Waals surface area (Å²) in [6, 6.07) is 0. The highest BCUT2D eigenvalue weighted by atomic mass is 32.2. The fourth-order valence-corrected chi connectivity index (χ4v) is 2.78. The van der Waals surface area contributed by atoms with Gasteiger partial charge in [-0.3, -0.25) is 4.79 Å². The average Bonchev–Trinajstić information content (AvgIpc) is 2.10. The van der Waals surface area contributed by atoms with Gasteiger partial charge in [-0.15, -0.1) is 0 Å². The summed E-state index contributed by atoms with van der Waals surface area (Å²) in [6.45, 7) is 9.45. The Bertz CT molecular complexity index is 396. The van der Waals surface area contributed by atoms with Crippen LogP contribution in [0, 0.1) is 5.41 Å². The number of nitrogens with one attached hydrogen (secondary N) is 2. The molecular formula is C12H26N2O4S. The van der Waals surface area contributed by atoms with Crippen molar-refractivity contribution in [2.75, 3.05) is 6.54 Å². The van der Waals surface area contributed by atoms with Crippen LogP contribution >= 0.6 is 0 Å². The molecular weight excluding hydrogens is 268 g/mol. The van der Waals surface area contributed by atoms with E-state index in [1.807, 2.05) is 13.8 Å². The minimum atomic E-state index is -3.51. The van der Waals surface area contributed by atoms with Crippen molar-refractivity contribution in [2.45, 2.75) is 59.4 Å². The van der Waals surface area contributed by atoms with E-state index in [9.17, 15) is 13.2 Å². The van der Waals surface area contributed by atoms with Gasteiger partial charge in [-0.25, -0.2) is 4.72 Å². The molecule has 0 bridgehead atoms. The summed E-state index contributed by atoms with van der Waals surface area (Å²) < 4.78 is 28.3. The lowest BCUT2D eigenvalue weighted by Crippen LogP contribution is -2.47. The summed E-state index contributed by atoms with van der Waals surface area (Å²) in [6.07, 6.45) is 1.21. The molecule has 3 N–H and O–H groups in total. The first-order chi connectivity index (χ1) is 8.33. The van der Waals surface area contributed by atoms with E-state index in [0.29, 0.717) is 12.8 Å². The number of rotatable bonds is 8. The normalized spacial score (nSPS) is 13.5. The zero-order valence-electron chi connectivity index (χ0n) is 12.4. The third kappa shape index (κ3) is 10.9. The molecule has 0 aromatic rings. The van der Waals surface area contributed by atoms with Crippen LogP contribution < -0.4 is 9.44 Å². The van der Waals surface area contributed by atoms with Crippen molar-refractivity contribution in [1.82, 2.24) is 9.44 Å². The molecule has 0 fully saturated rings. The maximum Gasteiger partial charge on any atom is 0.303 e. The van der Waals surface area contributed by atoms with Gasteiger partial charge in [0, 0.05) is 18.5 Å². The lowest BCUT2D eigenvalue weighted by atomic mass is 9.84. The summed E-state index contributed by atoms with van der Waals surface area (Å²) in [7, 11) is -3.51. The Morgan fingerprint density at radius 1 is 1.11 bits per heavy atom. The summed E-state index contributed by atoms with van der Waals surface area (Å²) in [5, 5.41) is 8.64. The molecule has 0 aliphatic carbocycles. The largest absolute Gasteiger partial charge is 0.481 e. The van der Waals surface area contributed by atoms with Crippen molar-refractivity contribution in [3.8, 4) is 0 Å². The molecule has 19 heavy (non-hydrogen) atoms. The Labute approximate surface area is 116 Å². The van der Waals surface area contributed by atoms with Crippen molar-refractivity contribution in [3.05, 3.63) is 0 Å². The van der Waals surface area contributed by atoms with Gasteiger partial charge < -0.3 is 5.11 Å². The van der Waals surface area contributed by atoms with E-state index in [0.717, 1.165) is 0 Å². The third-order valence-electron chi connectivity index (χ3n) is 2.55. The van der Waals surface area contributed by atoms with Gasteiger partial charge in [0.25, 0.3) is 10.2 Å². The molecule has 0 saturated carbocycles. The van der Waals surface area contributed by atoms with Crippen molar-refractivity contribution in [1.29, 1.82) is 0 Å². The molecule has 0 aromatic carbocycles. The topological polar surface area (TPSA) is 95.5 Å². The van der Waals surface area contributed by atoms with Crippen LogP contribution in [-0.2, 0) is 15.0 Å². The lowest BCUT2D eigenvalue weighted by molar-refractivity contribution is -0.137. The molecule has 6 nitrogen and oxygen atoms in total. The fourth-order valence-electron chi connectivity index (χ4n) is 1.53. The highest BCUT2D eigenvalue weighted by Gasteiger charge is 2.22. The Balaban J connectivity index is 4.18. The number of carboxylic acids is 1. The molecule has 0 aromatic heterocycles. The highest BCUT2D eigenvalue weighted by Crippen LogP contribution is 2.26.